The maximum atomic E-state index is 9.22. The van der Waals surface area contributed by atoms with Gasteiger partial charge in [-0.15, -0.1) is 0 Å². The van der Waals surface area contributed by atoms with Crippen molar-refractivity contribution < 1.29 is 9.84 Å². The van der Waals surface area contributed by atoms with Gasteiger partial charge in [-0.3, -0.25) is 0 Å². The molecule has 0 heterocycles. The maximum absolute atomic E-state index is 9.22. The number of benzene rings is 2. The number of ether oxygens (including phenoxy) is 1. The van der Waals surface area contributed by atoms with Gasteiger partial charge in [0.05, 0.1) is 6.54 Å². The zero-order valence-electron chi connectivity index (χ0n) is 11.4. The van der Waals surface area contributed by atoms with Crippen LogP contribution in [0.25, 0.3) is 0 Å². The molecule has 0 saturated heterocycles. The van der Waals surface area contributed by atoms with Gasteiger partial charge in [0.2, 0.25) is 0 Å². The van der Waals surface area contributed by atoms with Crippen molar-refractivity contribution in [2.45, 2.75) is 13.5 Å². The van der Waals surface area contributed by atoms with E-state index in [-0.39, 0.29) is 5.75 Å². The first-order chi connectivity index (χ1) is 9.69. The lowest BCUT2D eigenvalue weighted by Crippen LogP contribution is -1.96. The fourth-order valence-electron chi connectivity index (χ4n) is 1.77. The highest BCUT2D eigenvalue weighted by Crippen LogP contribution is 2.18. The van der Waals surface area contributed by atoms with Crippen LogP contribution in [-0.4, -0.2) is 11.7 Å². The average molecular weight is 267 g/mol. The van der Waals surface area contributed by atoms with Crippen molar-refractivity contribution in [2.75, 3.05) is 6.54 Å². The molecule has 3 nitrogen and oxygen atoms in total. The zero-order chi connectivity index (χ0) is 14.4. The molecule has 2 rings (SSSR count). The lowest BCUT2D eigenvalue weighted by molar-refractivity contribution is 0.306. The van der Waals surface area contributed by atoms with E-state index >= 15 is 0 Å². The summed E-state index contributed by atoms with van der Waals surface area (Å²) in [6, 6.07) is 12.8. The molecule has 102 valence electrons. The Morgan fingerprint density at radius 1 is 1.15 bits per heavy atom. The summed E-state index contributed by atoms with van der Waals surface area (Å²) in [5.74, 6) is 6.92. The van der Waals surface area contributed by atoms with Crippen molar-refractivity contribution in [3.8, 4) is 23.3 Å². The van der Waals surface area contributed by atoms with Crippen LogP contribution in [0.4, 0.5) is 0 Å². The number of rotatable bonds is 3. The molecule has 2 aromatic rings. The molecular weight excluding hydrogens is 250 g/mol. The first-order valence-electron chi connectivity index (χ1n) is 6.39. The van der Waals surface area contributed by atoms with E-state index in [0.717, 1.165) is 22.4 Å². The molecule has 3 heteroatoms. The molecule has 0 aromatic heterocycles. The Labute approximate surface area is 119 Å². The smallest absolute Gasteiger partial charge is 0.120 e. The number of aryl methyl sites for hydroxylation is 1. The van der Waals surface area contributed by atoms with Gasteiger partial charge in [-0.2, -0.15) is 0 Å². The van der Waals surface area contributed by atoms with Crippen LogP contribution >= 0.6 is 0 Å². The lowest BCUT2D eigenvalue weighted by Gasteiger charge is -2.08. The van der Waals surface area contributed by atoms with E-state index in [0.29, 0.717) is 13.2 Å². The first-order valence-corrected chi connectivity index (χ1v) is 6.39. The Balaban J connectivity index is 2.03. The van der Waals surface area contributed by atoms with E-state index in [1.54, 1.807) is 12.1 Å². The molecule has 2 aromatic carbocycles. The Kier molecular flexibility index (Phi) is 4.65. The largest absolute Gasteiger partial charge is 0.508 e. The van der Waals surface area contributed by atoms with E-state index < -0.39 is 0 Å². The third kappa shape index (κ3) is 3.78. The van der Waals surface area contributed by atoms with Crippen molar-refractivity contribution >= 4 is 0 Å². The molecule has 0 aliphatic carbocycles. The third-order valence-corrected chi connectivity index (χ3v) is 2.86. The Morgan fingerprint density at radius 2 is 1.90 bits per heavy atom. The molecule has 0 radical (unpaired) electrons. The summed E-state index contributed by atoms with van der Waals surface area (Å²) in [5, 5.41) is 9.22. The first kappa shape index (κ1) is 14.0. The summed E-state index contributed by atoms with van der Waals surface area (Å²) < 4.78 is 5.72. The summed E-state index contributed by atoms with van der Waals surface area (Å²) in [6.45, 7) is 2.82. The monoisotopic (exact) mass is 267 g/mol. The second-order valence-electron chi connectivity index (χ2n) is 4.44. The summed E-state index contributed by atoms with van der Waals surface area (Å²) in [7, 11) is 0. The highest BCUT2D eigenvalue weighted by molar-refractivity contribution is 5.44. The van der Waals surface area contributed by atoms with Crippen molar-refractivity contribution in [2.24, 2.45) is 5.73 Å². The Hall–Kier alpha value is -2.44. The van der Waals surface area contributed by atoms with Crippen LogP contribution in [0.5, 0.6) is 11.5 Å². The maximum Gasteiger partial charge on any atom is 0.120 e. The van der Waals surface area contributed by atoms with Gasteiger partial charge in [-0.25, -0.2) is 0 Å². The second kappa shape index (κ2) is 6.65. The minimum atomic E-state index is 0.257. The number of hydrogen-bond acceptors (Lipinski definition) is 3. The van der Waals surface area contributed by atoms with Crippen molar-refractivity contribution in [1.82, 2.24) is 0 Å². The molecule has 20 heavy (non-hydrogen) atoms. The second-order valence-corrected chi connectivity index (χ2v) is 4.44. The molecule has 0 bridgehead atoms. The van der Waals surface area contributed by atoms with E-state index in [9.17, 15) is 5.11 Å². The standard InChI is InChI=1S/C17H17NO2/c1-13-11-17(9-6-15(13)3-2-10-18)20-12-14-4-7-16(19)8-5-14/h4-9,11,19H,10,12,18H2,1H3. The fraction of sp³-hybridized carbons (Fsp3) is 0.176. The predicted molar refractivity (Wildman–Crippen MR) is 79.6 cm³/mol. The molecule has 3 N–H and O–H groups in total. The fourth-order valence-corrected chi connectivity index (χ4v) is 1.77. The normalized spacial score (nSPS) is 9.70. The van der Waals surface area contributed by atoms with Gasteiger partial charge in [0.25, 0.3) is 0 Å². The molecule has 0 saturated carbocycles. The average Bonchev–Trinajstić information content (AvgIpc) is 2.46. The van der Waals surface area contributed by atoms with Crippen LogP contribution < -0.4 is 10.5 Å². The van der Waals surface area contributed by atoms with Gasteiger partial charge < -0.3 is 15.6 Å². The number of hydrogen-bond donors (Lipinski definition) is 2. The quantitative estimate of drug-likeness (QED) is 0.840. The summed E-state index contributed by atoms with van der Waals surface area (Å²) >= 11 is 0. The van der Waals surface area contributed by atoms with Crippen LogP contribution in [0.1, 0.15) is 16.7 Å². The Bertz CT molecular complexity index is 636. The number of aromatic hydroxyl groups is 1. The van der Waals surface area contributed by atoms with E-state index in [2.05, 4.69) is 11.8 Å². The van der Waals surface area contributed by atoms with Crippen LogP contribution in [0.15, 0.2) is 42.5 Å². The summed E-state index contributed by atoms with van der Waals surface area (Å²) in [6.07, 6.45) is 0. The molecule has 0 unspecified atom stereocenters. The van der Waals surface area contributed by atoms with Crippen molar-refractivity contribution in [3.05, 3.63) is 59.2 Å². The highest BCUT2D eigenvalue weighted by atomic mass is 16.5. The van der Waals surface area contributed by atoms with Crippen LogP contribution in [0.2, 0.25) is 0 Å². The molecule has 0 atom stereocenters. The van der Waals surface area contributed by atoms with Gasteiger partial charge in [0.1, 0.15) is 18.1 Å². The van der Waals surface area contributed by atoms with Crippen LogP contribution in [0.3, 0.4) is 0 Å². The van der Waals surface area contributed by atoms with Crippen molar-refractivity contribution in [3.63, 3.8) is 0 Å². The molecule has 0 fully saturated rings. The van der Waals surface area contributed by atoms with Crippen LogP contribution in [0, 0.1) is 18.8 Å². The number of phenolic OH excluding ortho intramolecular Hbond substituents is 1. The number of nitrogens with two attached hydrogens (primary N) is 1. The number of phenols is 1. The minimum absolute atomic E-state index is 0.257. The SMILES string of the molecule is Cc1cc(OCc2ccc(O)cc2)ccc1C#CCN. The Morgan fingerprint density at radius 3 is 2.55 bits per heavy atom. The lowest BCUT2D eigenvalue weighted by atomic mass is 10.1. The van der Waals surface area contributed by atoms with E-state index in [4.69, 9.17) is 10.5 Å². The molecule has 0 spiro atoms. The third-order valence-electron chi connectivity index (χ3n) is 2.86. The minimum Gasteiger partial charge on any atom is -0.508 e. The molecule has 0 aliphatic heterocycles. The van der Waals surface area contributed by atoms with Gasteiger partial charge in [0, 0.05) is 5.56 Å². The molecule has 0 aliphatic rings. The van der Waals surface area contributed by atoms with Gasteiger partial charge in [-0.05, 0) is 48.4 Å². The van der Waals surface area contributed by atoms with E-state index in [1.165, 1.54) is 0 Å². The van der Waals surface area contributed by atoms with Crippen molar-refractivity contribution in [1.29, 1.82) is 0 Å². The highest BCUT2D eigenvalue weighted by Gasteiger charge is 2.00. The van der Waals surface area contributed by atoms with Gasteiger partial charge >= 0.3 is 0 Å². The molecule has 0 amide bonds. The molecular formula is C17H17NO2. The topological polar surface area (TPSA) is 55.5 Å². The predicted octanol–water partition coefficient (Wildman–Crippen LogP) is 2.59. The van der Waals surface area contributed by atoms with Gasteiger partial charge in [0.15, 0.2) is 0 Å². The zero-order valence-corrected chi connectivity index (χ0v) is 11.4. The van der Waals surface area contributed by atoms with Crippen LogP contribution in [-0.2, 0) is 6.61 Å². The van der Waals surface area contributed by atoms with E-state index in [1.807, 2.05) is 37.3 Å². The van der Waals surface area contributed by atoms with Gasteiger partial charge in [-0.1, -0.05) is 24.0 Å². The summed E-state index contributed by atoms with van der Waals surface area (Å²) in [4.78, 5) is 0. The summed E-state index contributed by atoms with van der Waals surface area (Å²) in [5.41, 5.74) is 8.40.